The van der Waals surface area contributed by atoms with Gasteiger partial charge in [-0.2, -0.15) is 17.6 Å². The van der Waals surface area contributed by atoms with E-state index in [9.17, 15) is 22.7 Å². The third-order valence-electron chi connectivity index (χ3n) is 6.81. The molecule has 2 saturated heterocycles. The Bertz CT molecular complexity index is 1060. The third kappa shape index (κ3) is 8.82. The van der Waals surface area contributed by atoms with Crippen LogP contribution in [0.15, 0.2) is 49.1 Å². The number of nitrogens with two attached hydrogens (primary N) is 1. The average molecular weight is 570 g/mol. The third-order valence-corrected chi connectivity index (χ3v) is 6.81. The lowest BCUT2D eigenvalue weighted by Gasteiger charge is -2.36. The van der Waals surface area contributed by atoms with Gasteiger partial charge in [0.15, 0.2) is 17.2 Å². The molecule has 2 aliphatic heterocycles. The molecular weight excluding hydrogens is 530 g/mol. The standard InChI is InChI=1S/C14H21F2N3O.C14H18F2N2O2/c1-2-6-18-7-9-19(10-8-18)11-4-3-5-12(13(11)17)20-14(15)16;1-2-6-17-7-9-18(10-8-17)11-4-3-5-12(13(11)19)20-14(15)16/h3-5,14H,2,6-10,17H2,1H3;2-5,14,19H,1,6-10H2. The summed E-state index contributed by atoms with van der Waals surface area (Å²) < 4.78 is 57.9. The largest absolute Gasteiger partial charge is 0.503 e. The number of phenols is 1. The zero-order valence-electron chi connectivity index (χ0n) is 22.8. The molecule has 4 rings (SSSR count). The number of alkyl halides is 4. The van der Waals surface area contributed by atoms with Crippen molar-refractivity contribution in [1.82, 2.24) is 9.80 Å². The lowest BCUT2D eigenvalue weighted by molar-refractivity contribution is -0.0514. The number of anilines is 3. The molecule has 2 fully saturated rings. The molecule has 0 atom stereocenters. The van der Waals surface area contributed by atoms with Gasteiger partial charge in [-0.3, -0.25) is 9.80 Å². The maximum Gasteiger partial charge on any atom is 0.387 e. The van der Waals surface area contributed by atoms with Gasteiger partial charge in [0.25, 0.3) is 0 Å². The van der Waals surface area contributed by atoms with Crippen molar-refractivity contribution in [3.05, 3.63) is 49.1 Å². The van der Waals surface area contributed by atoms with Crippen molar-refractivity contribution in [2.75, 3.05) is 81.0 Å². The number of halogens is 4. The Labute approximate surface area is 233 Å². The van der Waals surface area contributed by atoms with E-state index in [0.29, 0.717) is 5.69 Å². The number of ether oxygens (including phenoxy) is 2. The molecule has 8 nitrogen and oxygen atoms in total. The first-order chi connectivity index (χ1) is 19.2. The predicted octanol–water partition coefficient (Wildman–Crippen LogP) is 4.70. The van der Waals surface area contributed by atoms with Gasteiger partial charge >= 0.3 is 13.2 Å². The second-order valence-corrected chi connectivity index (χ2v) is 9.47. The van der Waals surface area contributed by atoms with Crippen LogP contribution in [0.2, 0.25) is 0 Å². The molecule has 0 bridgehead atoms. The molecule has 2 aromatic carbocycles. The van der Waals surface area contributed by atoms with Gasteiger partial charge in [0.2, 0.25) is 0 Å². The average Bonchev–Trinajstić information content (AvgIpc) is 2.92. The van der Waals surface area contributed by atoms with E-state index < -0.39 is 13.2 Å². The Morgan fingerprint density at radius 1 is 0.825 bits per heavy atom. The van der Waals surface area contributed by atoms with Crippen molar-refractivity contribution in [3.63, 3.8) is 0 Å². The Hall–Kier alpha value is -3.38. The van der Waals surface area contributed by atoms with Gasteiger partial charge < -0.3 is 30.1 Å². The highest BCUT2D eigenvalue weighted by Crippen LogP contribution is 2.37. The number of para-hydroxylation sites is 2. The molecule has 0 unspecified atom stereocenters. The highest BCUT2D eigenvalue weighted by molar-refractivity contribution is 5.74. The fourth-order valence-electron chi connectivity index (χ4n) is 4.85. The maximum absolute atomic E-state index is 12.3. The summed E-state index contributed by atoms with van der Waals surface area (Å²) in [5, 5.41) is 10.0. The van der Waals surface area contributed by atoms with Gasteiger partial charge in [-0.05, 0) is 37.2 Å². The molecule has 2 aliphatic rings. The maximum atomic E-state index is 12.3. The van der Waals surface area contributed by atoms with E-state index in [4.69, 9.17) is 5.73 Å². The first-order valence-electron chi connectivity index (χ1n) is 13.4. The van der Waals surface area contributed by atoms with Crippen molar-refractivity contribution in [1.29, 1.82) is 0 Å². The first kappa shape index (κ1) is 31.2. The van der Waals surface area contributed by atoms with E-state index in [2.05, 4.69) is 37.7 Å². The molecule has 2 aromatic rings. The van der Waals surface area contributed by atoms with Crippen LogP contribution in [0.3, 0.4) is 0 Å². The summed E-state index contributed by atoms with van der Waals surface area (Å²) in [5.41, 5.74) is 7.54. The van der Waals surface area contributed by atoms with Gasteiger partial charge in [0.05, 0.1) is 17.1 Å². The van der Waals surface area contributed by atoms with Crippen LogP contribution in [0.25, 0.3) is 0 Å². The normalized spacial score (nSPS) is 16.6. The van der Waals surface area contributed by atoms with Gasteiger partial charge in [-0.15, -0.1) is 6.58 Å². The Morgan fingerprint density at radius 2 is 1.32 bits per heavy atom. The second kappa shape index (κ2) is 15.4. The highest BCUT2D eigenvalue weighted by atomic mass is 19.3. The van der Waals surface area contributed by atoms with E-state index in [1.807, 2.05) is 17.0 Å². The molecule has 2 heterocycles. The molecule has 0 amide bonds. The Morgan fingerprint density at radius 3 is 1.88 bits per heavy atom. The monoisotopic (exact) mass is 569 g/mol. The zero-order chi connectivity index (χ0) is 29.1. The van der Waals surface area contributed by atoms with Gasteiger partial charge in [0, 0.05) is 58.9 Å². The Kier molecular flexibility index (Phi) is 12.0. The second-order valence-electron chi connectivity index (χ2n) is 9.47. The fourth-order valence-corrected chi connectivity index (χ4v) is 4.85. The van der Waals surface area contributed by atoms with Gasteiger partial charge in [-0.1, -0.05) is 25.1 Å². The zero-order valence-corrected chi connectivity index (χ0v) is 22.8. The topological polar surface area (TPSA) is 77.7 Å². The van der Waals surface area contributed by atoms with E-state index in [-0.39, 0.29) is 22.9 Å². The van der Waals surface area contributed by atoms with Gasteiger partial charge in [-0.25, -0.2) is 0 Å². The number of hydrogen-bond acceptors (Lipinski definition) is 8. The molecular formula is C28H39F4N5O3. The minimum absolute atomic E-state index is 0.0495. The molecule has 0 spiro atoms. The number of phenolic OH excluding ortho intramolecular Hbond substituents is 1. The van der Waals surface area contributed by atoms with Crippen molar-refractivity contribution in [2.24, 2.45) is 0 Å². The minimum Gasteiger partial charge on any atom is -0.503 e. The number of nitrogen functional groups attached to an aromatic ring is 1. The smallest absolute Gasteiger partial charge is 0.387 e. The summed E-state index contributed by atoms with van der Waals surface area (Å²) in [6.07, 6.45) is 2.99. The molecule has 0 saturated carbocycles. The number of benzene rings is 2. The van der Waals surface area contributed by atoms with E-state index in [0.717, 1.165) is 77.6 Å². The van der Waals surface area contributed by atoms with Crippen LogP contribution < -0.4 is 25.0 Å². The van der Waals surface area contributed by atoms with Crippen LogP contribution in [0, 0.1) is 0 Å². The molecule has 40 heavy (non-hydrogen) atoms. The molecule has 12 heteroatoms. The van der Waals surface area contributed by atoms with Crippen LogP contribution >= 0.6 is 0 Å². The van der Waals surface area contributed by atoms with Crippen LogP contribution in [0.1, 0.15) is 13.3 Å². The van der Waals surface area contributed by atoms with Crippen molar-refractivity contribution in [3.8, 4) is 17.2 Å². The SMILES string of the molecule is C=CCN1CCN(c2cccc(OC(F)F)c2O)CC1.CCCN1CCN(c2cccc(OC(F)F)c2N)CC1. The summed E-state index contributed by atoms with van der Waals surface area (Å²) in [5.74, 6) is -0.371. The first-order valence-corrected chi connectivity index (χ1v) is 13.4. The minimum atomic E-state index is -2.94. The molecule has 222 valence electrons. The summed E-state index contributed by atoms with van der Waals surface area (Å²) in [7, 11) is 0. The Balaban J connectivity index is 0.000000220. The summed E-state index contributed by atoms with van der Waals surface area (Å²) >= 11 is 0. The lowest BCUT2D eigenvalue weighted by Crippen LogP contribution is -2.46. The van der Waals surface area contributed by atoms with Crippen LogP contribution in [0.5, 0.6) is 17.2 Å². The van der Waals surface area contributed by atoms with Crippen molar-refractivity contribution in [2.45, 2.75) is 26.6 Å². The molecule has 0 radical (unpaired) electrons. The summed E-state index contributed by atoms with van der Waals surface area (Å²) in [6, 6.07) is 9.65. The van der Waals surface area contributed by atoms with Crippen LogP contribution in [0.4, 0.5) is 34.6 Å². The number of aromatic hydroxyl groups is 1. The molecule has 0 aromatic heterocycles. The summed E-state index contributed by atoms with van der Waals surface area (Å²) in [6.45, 7) is 8.74. The molecule has 0 aliphatic carbocycles. The summed E-state index contributed by atoms with van der Waals surface area (Å²) in [4.78, 5) is 8.72. The lowest BCUT2D eigenvalue weighted by atomic mass is 10.2. The van der Waals surface area contributed by atoms with Crippen LogP contribution in [-0.2, 0) is 0 Å². The van der Waals surface area contributed by atoms with Crippen molar-refractivity contribution >= 4 is 17.1 Å². The number of nitrogens with zero attached hydrogens (tertiary/aromatic N) is 4. The highest BCUT2D eigenvalue weighted by Gasteiger charge is 2.22. The fraction of sp³-hybridized carbons (Fsp3) is 0.500. The molecule has 3 N–H and O–H groups in total. The van der Waals surface area contributed by atoms with E-state index in [1.165, 1.54) is 12.1 Å². The number of hydrogen-bond donors (Lipinski definition) is 2. The quantitative estimate of drug-likeness (QED) is 0.242. The van der Waals surface area contributed by atoms with E-state index >= 15 is 0 Å². The number of piperazine rings is 2. The van der Waals surface area contributed by atoms with Crippen molar-refractivity contribution < 1.29 is 32.1 Å². The van der Waals surface area contributed by atoms with Crippen LogP contribution in [-0.4, -0.2) is 93.6 Å². The van der Waals surface area contributed by atoms with E-state index in [1.54, 1.807) is 18.2 Å². The predicted molar refractivity (Wildman–Crippen MR) is 150 cm³/mol. The van der Waals surface area contributed by atoms with Gasteiger partial charge in [0.1, 0.15) is 0 Å². The number of rotatable bonds is 10.